The van der Waals surface area contributed by atoms with Crippen LogP contribution in [0.15, 0.2) is 23.3 Å². The van der Waals surface area contributed by atoms with Crippen molar-refractivity contribution in [3.05, 3.63) is 45.1 Å². The lowest BCUT2D eigenvalue weighted by molar-refractivity contribution is 0.329. The van der Waals surface area contributed by atoms with Crippen LogP contribution in [0.4, 0.5) is 5.95 Å². The lowest BCUT2D eigenvalue weighted by Crippen LogP contribution is -2.50. The zero-order chi connectivity index (χ0) is 15.8. The molecule has 2 aliphatic heterocycles. The maximum Gasteiger partial charge on any atom is 0.267 e. The molecular weight excluding hydrogens is 334 g/mol. The third kappa shape index (κ3) is 3.07. The Morgan fingerprint density at radius 1 is 1.30 bits per heavy atom. The van der Waals surface area contributed by atoms with Crippen molar-refractivity contribution in [2.45, 2.75) is 18.7 Å². The third-order valence-electron chi connectivity index (χ3n) is 4.18. The lowest BCUT2D eigenvalue weighted by atomic mass is 10.0. The van der Waals surface area contributed by atoms with Crippen LogP contribution in [0.1, 0.15) is 11.3 Å². The van der Waals surface area contributed by atoms with Crippen LogP contribution in [-0.4, -0.2) is 38.6 Å². The molecule has 0 bridgehead atoms. The van der Waals surface area contributed by atoms with Gasteiger partial charge in [-0.15, -0.1) is 0 Å². The van der Waals surface area contributed by atoms with E-state index in [1.807, 2.05) is 11.8 Å². The first-order chi connectivity index (χ1) is 11.2. The van der Waals surface area contributed by atoms with Crippen LogP contribution in [0, 0.1) is 5.92 Å². The number of fused-ring (bicyclic) bond motifs is 1. The number of rotatable bonds is 3. The van der Waals surface area contributed by atoms with Gasteiger partial charge in [-0.2, -0.15) is 16.9 Å². The van der Waals surface area contributed by atoms with Gasteiger partial charge in [0.1, 0.15) is 0 Å². The molecule has 2 aliphatic rings. The highest BCUT2D eigenvalue weighted by Gasteiger charge is 2.29. The summed E-state index contributed by atoms with van der Waals surface area (Å²) in [4.78, 5) is 22.7. The summed E-state index contributed by atoms with van der Waals surface area (Å²) in [5.74, 6) is 3.08. The van der Waals surface area contributed by atoms with E-state index in [9.17, 15) is 4.79 Å². The smallest absolute Gasteiger partial charge is 0.267 e. The van der Waals surface area contributed by atoms with Gasteiger partial charge in [0.05, 0.1) is 29.7 Å². The van der Waals surface area contributed by atoms with Crippen LogP contribution in [0.2, 0.25) is 5.02 Å². The van der Waals surface area contributed by atoms with E-state index in [1.54, 1.807) is 23.1 Å². The minimum absolute atomic E-state index is 0.00689. The van der Waals surface area contributed by atoms with Crippen LogP contribution in [0.25, 0.3) is 0 Å². The topological polar surface area (TPSA) is 63.9 Å². The van der Waals surface area contributed by atoms with Crippen LogP contribution >= 0.6 is 23.4 Å². The van der Waals surface area contributed by atoms with E-state index in [0.717, 1.165) is 42.3 Å². The van der Waals surface area contributed by atoms with E-state index in [2.05, 4.69) is 20.0 Å². The first kappa shape index (κ1) is 15.0. The molecule has 1 fully saturated rings. The van der Waals surface area contributed by atoms with Gasteiger partial charge in [-0.25, -0.2) is 14.6 Å². The second-order valence-electron chi connectivity index (χ2n) is 5.91. The number of nitrogens with zero attached hydrogens (tertiary/aromatic N) is 5. The van der Waals surface area contributed by atoms with Crippen molar-refractivity contribution >= 4 is 29.3 Å². The molecule has 4 heterocycles. The van der Waals surface area contributed by atoms with Crippen molar-refractivity contribution in [2.24, 2.45) is 5.92 Å². The van der Waals surface area contributed by atoms with E-state index in [1.165, 1.54) is 0 Å². The molecule has 23 heavy (non-hydrogen) atoms. The van der Waals surface area contributed by atoms with Crippen LogP contribution in [0.3, 0.4) is 0 Å². The molecule has 8 heteroatoms. The molecule has 2 aromatic heterocycles. The molecule has 0 amide bonds. The van der Waals surface area contributed by atoms with Gasteiger partial charge in [0.25, 0.3) is 5.56 Å². The van der Waals surface area contributed by atoms with E-state index in [4.69, 9.17) is 11.6 Å². The van der Waals surface area contributed by atoms with E-state index in [0.29, 0.717) is 23.4 Å². The second-order valence-corrected chi connectivity index (χ2v) is 7.45. The van der Waals surface area contributed by atoms with Gasteiger partial charge in [-0.05, 0) is 11.3 Å². The number of aromatic nitrogens is 4. The minimum atomic E-state index is 0.00689. The Kier molecular flexibility index (Phi) is 3.98. The first-order valence-corrected chi connectivity index (χ1v) is 9.12. The average molecular weight is 350 g/mol. The van der Waals surface area contributed by atoms with E-state index in [-0.39, 0.29) is 5.56 Å². The summed E-state index contributed by atoms with van der Waals surface area (Å²) in [7, 11) is 0. The zero-order valence-electron chi connectivity index (χ0n) is 12.5. The Balaban J connectivity index is 1.42. The van der Waals surface area contributed by atoms with Crippen molar-refractivity contribution in [1.82, 2.24) is 19.7 Å². The highest BCUT2D eigenvalue weighted by molar-refractivity contribution is 7.98. The fraction of sp³-hybridized carbons (Fsp3) is 0.467. The highest BCUT2D eigenvalue weighted by Crippen LogP contribution is 2.24. The van der Waals surface area contributed by atoms with Crippen LogP contribution in [-0.2, 0) is 18.7 Å². The van der Waals surface area contributed by atoms with Crippen LogP contribution < -0.4 is 10.5 Å². The molecule has 2 aromatic rings. The third-order valence-corrected chi connectivity index (χ3v) is 5.39. The Labute approximate surface area is 142 Å². The maximum absolute atomic E-state index is 12.2. The van der Waals surface area contributed by atoms with Crippen molar-refractivity contribution in [3.63, 3.8) is 0 Å². The number of hydrogen-bond donors (Lipinski definition) is 0. The van der Waals surface area contributed by atoms with Gasteiger partial charge in [-0.3, -0.25) is 4.79 Å². The molecule has 0 N–H and O–H groups in total. The molecule has 0 radical (unpaired) electrons. The summed E-state index contributed by atoms with van der Waals surface area (Å²) in [6.07, 6.45) is 4.16. The summed E-state index contributed by atoms with van der Waals surface area (Å²) in [5, 5.41) is 5.10. The van der Waals surface area contributed by atoms with Gasteiger partial charge in [0.2, 0.25) is 5.95 Å². The Bertz CT molecular complexity index is 772. The van der Waals surface area contributed by atoms with Crippen molar-refractivity contribution in [3.8, 4) is 0 Å². The molecule has 0 aliphatic carbocycles. The Morgan fingerprint density at radius 2 is 2.09 bits per heavy atom. The Hall–Kier alpha value is -1.60. The number of aryl methyl sites for hydroxylation is 1. The molecule has 0 aromatic carbocycles. The normalized spacial score (nSPS) is 17.7. The molecule has 120 valence electrons. The molecule has 6 nitrogen and oxygen atoms in total. The fourth-order valence-electron chi connectivity index (χ4n) is 2.95. The van der Waals surface area contributed by atoms with Crippen molar-refractivity contribution < 1.29 is 0 Å². The monoisotopic (exact) mass is 349 g/mol. The predicted octanol–water partition coefficient (Wildman–Crippen LogP) is 1.61. The van der Waals surface area contributed by atoms with Crippen LogP contribution in [0.5, 0.6) is 0 Å². The molecule has 0 saturated carbocycles. The first-order valence-electron chi connectivity index (χ1n) is 7.59. The number of thioether (sulfide) groups is 1. The van der Waals surface area contributed by atoms with E-state index < -0.39 is 0 Å². The maximum atomic E-state index is 12.2. The fourth-order valence-corrected chi connectivity index (χ4v) is 3.99. The van der Waals surface area contributed by atoms with Gasteiger partial charge >= 0.3 is 0 Å². The number of halogens is 1. The molecular formula is C15H16ClN5OS. The summed E-state index contributed by atoms with van der Waals surface area (Å²) >= 11 is 7.66. The quantitative estimate of drug-likeness (QED) is 0.839. The largest absolute Gasteiger partial charge is 0.340 e. The van der Waals surface area contributed by atoms with Crippen molar-refractivity contribution in [2.75, 3.05) is 23.7 Å². The standard InChI is InChI=1S/C15H16ClN5OS/c16-12-4-17-15(18-5-12)20-6-10(7-20)8-21-14(22)3-11-9-23-2-1-13(11)19-21/h3-5,10H,1-2,6-9H2. The number of hydrogen-bond acceptors (Lipinski definition) is 6. The summed E-state index contributed by atoms with van der Waals surface area (Å²) in [6, 6.07) is 1.76. The molecule has 0 atom stereocenters. The molecule has 1 saturated heterocycles. The second kappa shape index (κ2) is 6.13. The zero-order valence-corrected chi connectivity index (χ0v) is 14.1. The Morgan fingerprint density at radius 3 is 2.87 bits per heavy atom. The van der Waals surface area contributed by atoms with Gasteiger partial charge in [0.15, 0.2) is 0 Å². The van der Waals surface area contributed by atoms with Gasteiger partial charge in [-0.1, -0.05) is 11.6 Å². The SMILES string of the molecule is O=c1cc2c(nn1CC1CN(c3ncc(Cl)cn3)C1)CCSC2. The highest BCUT2D eigenvalue weighted by atomic mass is 35.5. The summed E-state index contributed by atoms with van der Waals surface area (Å²) < 4.78 is 1.62. The lowest BCUT2D eigenvalue weighted by Gasteiger charge is -2.39. The number of anilines is 1. The average Bonchev–Trinajstić information content (AvgIpc) is 2.52. The van der Waals surface area contributed by atoms with Gasteiger partial charge in [0, 0.05) is 37.2 Å². The summed E-state index contributed by atoms with van der Waals surface area (Å²) in [5.41, 5.74) is 2.19. The predicted molar refractivity (Wildman–Crippen MR) is 91.1 cm³/mol. The van der Waals surface area contributed by atoms with Gasteiger partial charge < -0.3 is 4.90 Å². The molecule has 4 rings (SSSR count). The summed E-state index contributed by atoms with van der Waals surface area (Å²) in [6.45, 7) is 2.33. The molecule has 0 spiro atoms. The minimum Gasteiger partial charge on any atom is -0.340 e. The van der Waals surface area contributed by atoms with Crippen molar-refractivity contribution in [1.29, 1.82) is 0 Å². The molecule has 0 unspecified atom stereocenters. The van der Waals surface area contributed by atoms with E-state index >= 15 is 0 Å².